The average Bonchev–Trinajstić information content (AvgIpc) is 2.53. The van der Waals surface area contributed by atoms with Crippen LogP contribution in [0.1, 0.15) is 31.7 Å². The molecule has 1 aromatic rings. The lowest BCUT2D eigenvalue weighted by atomic mass is 9.97. The van der Waals surface area contributed by atoms with Crippen molar-refractivity contribution in [2.45, 2.75) is 51.1 Å². The lowest BCUT2D eigenvalue weighted by Crippen LogP contribution is -2.37. The Bertz CT molecular complexity index is 476. The molecule has 3 heteroatoms. The summed E-state index contributed by atoms with van der Waals surface area (Å²) in [5.74, 6) is 0. The number of ether oxygens (including phenoxy) is 2. The number of hydrogen-bond acceptors (Lipinski definition) is 3. The Morgan fingerprint density at radius 1 is 1.48 bits per heavy atom. The third-order valence-corrected chi connectivity index (χ3v) is 3.91. The Hall–Kier alpha value is -1.38. The normalized spacial score (nSPS) is 23.3. The van der Waals surface area contributed by atoms with Crippen LogP contribution in [0.25, 0.3) is 0 Å². The van der Waals surface area contributed by atoms with E-state index in [4.69, 9.17) is 9.47 Å². The fourth-order valence-corrected chi connectivity index (χ4v) is 2.51. The van der Waals surface area contributed by atoms with Gasteiger partial charge in [0.25, 0.3) is 0 Å². The van der Waals surface area contributed by atoms with Crippen molar-refractivity contribution in [1.82, 2.24) is 0 Å². The summed E-state index contributed by atoms with van der Waals surface area (Å²) in [5, 5.41) is 10.0. The SMILES string of the molecule is C=C=C(C)[C@H](C[C@H]1OCCC[C@@H]1O)OCc1ccccc1. The molecule has 1 aromatic carbocycles. The van der Waals surface area contributed by atoms with Gasteiger partial charge in [0, 0.05) is 13.0 Å². The number of hydrogen-bond donors (Lipinski definition) is 1. The van der Waals surface area contributed by atoms with Crippen molar-refractivity contribution in [2.75, 3.05) is 6.61 Å². The zero-order valence-corrected chi connectivity index (χ0v) is 12.6. The van der Waals surface area contributed by atoms with E-state index in [1.54, 1.807) is 0 Å². The van der Waals surface area contributed by atoms with Gasteiger partial charge >= 0.3 is 0 Å². The molecule has 1 aliphatic rings. The molecule has 1 N–H and O–H groups in total. The van der Waals surface area contributed by atoms with Crippen LogP contribution in [0, 0.1) is 0 Å². The molecular weight excluding hydrogens is 264 g/mol. The second-order valence-corrected chi connectivity index (χ2v) is 5.50. The van der Waals surface area contributed by atoms with E-state index in [1.165, 1.54) is 0 Å². The number of rotatable bonds is 6. The van der Waals surface area contributed by atoms with E-state index in [1.807, 2.05) is 37.3 Å². The first-order chi connectivity index (χ1) is 10.2. The molecule has 0 unspecified atom stereocenters. The van der Waals surface area contributed by atoms with Crippen LogP contribution in [0.2, 0.25) is 0 Å². The molecule has 21 heavy (non-hydrogen) atoms. The van der Waals surface area contributed by atoms with Gasteiger partial charge in [0.05, 0.1) is 24.9 Å². The van der Waals surface area contributed by atoms with Crippen LogP contribution < -0.4 is 0 Å². The van der Waals surface area contributed by atoms with Crippen LogP contribution in [0.15, 0.2) is 48.2 Å². The monoisotopic (exact) mass is 288 g/mol. The van der Waals surface area contributed by atoms with Gasteiger partial charge in [-0.15, -0.1) is 5.73 Å². The predicted octanol–water partition coefficient (Wildman–Crippen LogP) is 3.23. The van der Waals surface area contributed by atoms with Crippen LogP contribution in [-0.4, -0.2) is 30.0 Å². The molecule has 0 aliphatic carbocycles. The smallest absolute Gasteiger partial charge is 0.0885 e. The van der Waals surface area contributed by atoms with E-state index in [0.717, 1.165) is 24.0 Å². The first-order valence-electron chi connectivity index (χ1n) is 7.52. The van der Waals surface area contributed by atoms with Crippen LogP contribution in [0.4, 0.5) is 0 Å². The lowest BCUT2D eigenvalue weighted by Gasteiger charge is -2.31. The van der Waals surface area contributed by atoms with Crippen molar-refractivity contribution in [3.63, 3.8) is 0 Å². The summed E-state index contributed by atoms with van der Waals surface area (Å²) in [6.07, 6.45) is 1.67. The van der Waals surface area contributed by atoms with Gasteiger partial charge in [-0.05, 0) is 30.9 Å². The van der Waals surface area contributed by atoms with Gasteiger partial charge < -0.3 is 14.6 Å². The van der Waals surface area contributed by atoms with Crippen molar-refractivity contribution in [2.24, 2.45) is 0 Å². The fourth-order valence-electron chi connectivity index (χ4n) is 2.51. The summed E-state index contributed by atoms with van der Waals surface area (Å²) in [6, 6.07) is 10.1. The second kappa shape index (κ2) is 8.16. The van der Waals surface area contributed by atoms with E-state index in [2.05, 4.69) is 12.3 Å². The van der Waals surface area contributed by atoms with E-state index in [0.29, 0.717) is 19.6 Å². The van der Waals surface area contributed by atoms with Crippen LogP contribution >= 0.6 is 0 Å². The molecule has 0 spiro atoms. The van der Waals surface area contributed by atoms with E-state index in [-0.39, 0.29) is 12.2 Å². The fraction of sp³-hybridized carbons (Fsp3) is 0.500. The molecule has 0 radical (unpaired) electrons. The Morgan fingerprint density at radius 3 is 2.90 bits per heavy atom. The number of aliphatic hydroxyl groups excluding tert-OH is 1. The average molecular weight is 288 g/mol. The summed E-state index contributed by atoms with van der Waals surface area (Å²) in [4.78, 5) is 0. The summed E-state index contributed by atoms with van der Waals surface area (Å²) >= 11 is 0. The molecule has 0 amide bonds. The van der Waals surface area contributed by atoms with Crippen LogP contribution in [0.5, 0.6) is 0 Å². The molecule has 0 aromatic heterocycles. The van der Waals surface area contributed by atoms with Gasteiger partial charge in [-0.2, -0.15) is 0 Å². The van der Waals surface area contributed by atoms with Gasteiger partial charge in [0.15, 0.2) is 0 Å². The Kier molecular flexibility index (Phi) is 6.21. The molecule has 1 fully saturated rings. The quantitative estimate of drug-likeness (QED) is 0.817. The van der Waals surface area contributed by atoms with Gasteiger partial charge in [-0.1, -0.05) is 36.9 Å². The number of aliphatic hydroxyl groups is 1. The standard InChI is InChI=1S/C18H24O3/c1-3-14(2)17(12-18-16(19)10-7-11-20-18)21-13-15-8-5-4-6-9-15/h4-6,8-9,16-19H,1,7,10-13H2,2H3/t16-,17-,18+/m0/s1. The van der Waals surface area contributed by atoms with Gasteiger partial charge in [0.2, 0.25) is 0 Å². The van der Waals surface area contributed by atoms with E-state index in [9.17, 15) is 5.11 Å². The number of benzene rings is 1. The molecule has 1 heterocycles. The largest absolute Gasteiger partial charge is 0.390 e. The first-order valence-corrected chi connectivity index (χ1v) is 7.52. The summed E-state index contributed by atoms with van der Waals surface area (Å²) in [7, 11) is 0. The highest BCUT2D eigenvalue weighted by Crippen LogP contribution is 2.22. The molecule has 3 nitrogen and oxygen atoms in total. The molecule has 1 saturated heterocycles. The van der Waals surface area contributed by atoms with Crippen molar-refractivity contribution in [3.05, 3.63) is 53.8 Å². The molecular formula is C18H24O3. The highest BCUT2D eigenvalue weighted by molar-refractivity contribution is 5.14. The topological polar surface area (TPSA) is 38.7 Å². The zero-order valence-electron chi connectivity index (χ0n) is 12.6. The van der Waals surface area contributed by atoms with Crippen molar-refractivity contribution in [1.29, 1.82) is 0 Å². The van der Waals surface area contributed by atoms with Crippen molar-refractivity contribution < 1.29 is 14.6 Å². The van der Waals surface area contributed by atoms with Crippen molar-refractivity contribution >= 4 is 0 Å². The van der Waals surface area contributed by atoms with E-state index < -0.39 is 6.10 Å². The molecule has 2 rings (SSSR count). The Morgan fingerprint density at radius 2 is 2.24 bits per heavy atom. The van der Waals surface area contributed by atoms with Crippen LogP contribution in [-0.2, 0) is 16.1 Å². The maximum atomic E-state index is 10.0. The maximum absolute atomic E-state index is 10.0. The molecule has 114 valence electrons. The van der Waals surface area contributed by atoms with Gasteiger partial charge in [0.1, 0.15) is 0 Å². The van der Waals surface area contributed by atoms with Crippen LogP contribution in [0.3, 0.4) is 0 Å². The molecule has 0 saturated carbocycles. The Balaban J connectivity index is 1.96. The minimum atomic E-state index is -0.404. The van der Waals surface area contributed by atoms with Gasteiger partial charge in [-0.25, -0.2) is 0 Å². The molecule has 1 aliphatic heterocycles. The van der Waals surface area contributed by atoms with Crippen molar-refractivity contribution in [3.8, 4) is 0 Å². The second-order valence-electron chi connectivity index (χ2n) is 5.50. The highest BCUT2D eigenvalue weighted by atomic mass is 16.5. The minimum absolute atomic E-state index is 0.125. The first kappa shape index (κ1) is 16.0. The minimum Gasteiger partial charge on any atom is -0.390 e. The summed E-state index contributed by atoms with van der Waals surface area (Å²) in [6.45, 7) is 6.91. The third kappa shape index (κ3) is 4.83. The Labute approximate surface area is 126 Å². The maximum Gasteiger partial charge on any atom is 0.0885 e. The predicted molar refractivity (Wildman–Crippen MR) is 82.9 cm³/mol. The summed E-state index contributed by atoms with van der Waals surface area (Å²) in [5.41, 5.74) is 4.99. The summed E-state index contributed by atoms with van der Waals surface area (Å²) < 4.78 is 11.7. The third-order valence-electron chi connectivity index (χ3n) is 3.91. The van der Waals surface area contributed by atoms with Gasteiger partial charge in [-0.3, -0.25) is 0 Å². The lowest BCUT2D eigenvalue weighted by molar-refractivity contribution is -0.0958. The molecule has 3 atom stereocenters. The zero-order chi connectivity index (χ0) is 15.1. The van der Waals surface area contributed by atoms with E-state index >= 15 is 0 Å². The highest BCUT2D eigenvalue weighted by Gasteiger charge is 2.28. The molecule has 0 bridgehead atoms.